The summed E-state index contributed by atoms with van der Waals surface area (Å²) in [6, 6.07) is 16.5. The van der Waals surface area contributed by atoms with Gasteiger partial charge in [-0.05, 0) is 28.7 Å². The van der Waals surface area contributed by atoms with Gasteiger partial charge < -0.3 is 38.5 Å². The van der Waals surface area contributed by atoms with Crippen molar-refractivity contribution in [2.75, 3.05) is 92.4 Å². The Bertz CT molecular complexity index is 1050. The van der Waals surface area contributed by atoms with Crippen LogP contribution < -0.4 is 5.32 Å². The van der Waals surface area contributed by atoms with Crippen LogP contribution in [-0.2, 0) is 38.0 Å². The van der Waals surface area contributed by atoms with Crippen molar-refractivity contribution in [3.63, 3.8) is 0 Å². The first-order chi connectivity index (χ1) is 21.6. The van der Waals surface area contributed by atoms with Gasteiger partial charge in [0.15, 0.2) is 0 Å². The molecular formula is C34H49NO9. The van der Waals surface area contributed by atoms with Gasteiger partial charge in [-0.1, -0.05) is 62.4 Å². The van der Waals surface area contributed by atoms with Gasteiger partial charge in [0.1, 0.15) is 12.4 Å². The summed E-state index contributed by atoms with van der Waals surface area (Å²) >= 11 is 0. The number of carbonyl (C=O) groups is 2. The summed E-state index contributed by atoms with van der Waals surface area (Å²) in [7, 11) is 0. The Morgan fingerprint density at radius 2 is 1.09 bits per heavy atom. The van der Waals surface area contributed by atoms with Crippen LogP contribution in [0.4, 0.5) is 4.79 Å². The minimum absolute atomic E-state index is 0.0404. The fourth-order valence-electron chi connectivity index (χ4n) is 4.72. The van der Waals surface area contributed by atoms with Crippen LogP contribution in [0.15, 0.2) is 48.5 Å². The van der Waals surface area contributed by atoms with Gasteiger partial charge in [-0.15, -0.1) is 0 Å². The Hall–Kier alpha value is -2.86. The van der Waals surface area contributed by atoms with E-state index in [0.717, 1.165) is 6.42 Å². The molecule has 1 amide bonds. The molecule has 0 bridgehead atoms. The van der Waals surface area contributed by atoms with E-state index in [9.17, 15) is 9.59 Å². The maximum absolute atomic E-state index is 12.2. The zero-order valence-corrected chi connectivity index (χ0v) is 26.3. The summed E-state index contributed by atoms with van der Waals surface area (Å²) in [5.74, 6) is 0.396. The Morgan fingerprint density at radius 3 is 1.57 bits per heavy atom. The third kappa shape index (κ3) is 13.0. The Morgan fingerprint density at radius 1 is 0.659 bits per heavy atom. The van der Waals surface area contributed by atoms with Crippen molar-refractivity contribution in [2.45, 2.75) is 32.6 Å². The van der Waals surface area contributed by atoms with Crippen molar-refractivity contribution >= 4 is 11.9 Å². The molecule has 0 saturated carbocycles. The second-order valence-electron chi connectivity index (χ2n) is 10.5. The van der Waals surface area contributed by atoms with Gasteiger partial charge in [-0.2, -0.15) is 0 Å². The molecule has 1 aliphatic rings. The van der Waals surface area contributed by atoms with Crippen molar-refractivity contribution in [2.24, 2.45) is 5.92 Å². The summed E-state index contributed by atoms with van der Waals surface area (Å²) in [5.41, 5.74) is 4.78. The lowest BCUT2D eigenvalue weighted by atomic mass is 9.98. The number of amides is 1. The van der Waals surface area contributed by atoms with Crippen LogP contribution in [0.2, 0.25) is 0 Å². The number of rotatable bonds is 25. The molecule has 0 heterocycles. The van der Waals surface area contributed by atoms with E-state index in [4.69, 9.17) is 33.2 Å². The quantitative estimate of drug-likeness (QED) is 0.160. The van der Waals surface area contributed by atoms with Crippen LogP contribution in [0.25, 0.3) is 11.1 Å². The number of ketones is 1. The largest absolute Gasteiger partial charge is 0.449 e. The lowest BCUT2D eigenvalue weighted by Gasteiger charge is -2.14. The monoisotopic (exact) mass is 615 g/mol. The molecule has 0 fully saturated rings. The first-order valence-corrected chi connectivity index (χ1v) is 15.7. The number of alkyl carbamates (subject to hydrolysis) is 1. The summed E-state index contributed by atoms with van der Waals surface area (Å²) in [6.45, 7) is 10.1. The lowest BCUT2D eigenvalue weighted by Crippen LogP contribution is -2.29. The zero-order valence-electron chi connectivity index (χ0n) is 26.3. The lowest BCUT2D eigenvalue weighted by molar-refractivity contribution is -0.123. The molecule has 1 N–H and O–H groups in total. The highest BCUT2D eigenvalue weighted by atomic mass is 16.6. The average molecular weight is 616 g/mol. The minimum atomic E-state index is -0.451. The van der Waals surface area contributed by atoms with E-state index in [1.54, 1.807) is 0 Å². The van der Waals surface area contributed by atoms with Crippen molar-refractivity contribution in [1.82, 2.24) is 5.32 Å². The molecule has 0 aromatic heterocycles. The molecule has 1 aliphatic carbocycles. The summed E-state index contributed by atoms with van der Waals surface area (Å²) in [4.78, 5) is 23.9. The molecule has 44 heavy (non-hydrogen) atoms. The predicted molar refractivity (Wildman–Crippen MR) is 167 cm³/mol. The second-order valence-corrected chi connectivity index (χ2v) is 10.5. The number of benzene rings is 2. The number of fused-ring (bicyclic) bond motifs is 3. The third-order valence-electron chi connectivity index (χ3n) is 7.37. The van der Waals surface area contributed by atoms with E-state index < -0.39 is 6.09 Å². The number of ether oxygens (including phenoxy) is 7. The third-order valence-corrected chi connectivity index (χ3v) is 7.37. The van der Waals surface area contributed by atoms with E-state index in [2.05, 4.69) is 29.6 Å². The normalized spacial score (nSPS) is 13.0. The van der Waals surface area contributed by atoms with Crippen LogP contribution in [0.5, 0.6) is 0 Å². The molecule has 0 saturated heterocycles. The molecule has 1 atom stereocenters. The highest BCUT2D eigenvalue weighted by molar-refractivity contribution is 5.80. The molecule has 0 spiro atoms. The van der Waals surface area contributed by atoms with Crippen LogP contribution in [0, 0.1) is 5.92 Å². The van der Waals surface area contributed by atoms with Gasteiger partial charge in [0.25, 0.3) is 0 Å². The zero-order chi connectivity index (χ0) is 31.2. The van der Waals surface area contributed by atoms with Gasteiger partial charge in [0.2, 0.25) is 0 Å². The molecule has 0 radical (unpaired) electrons. The van der Waals surface area contributed by atoms with Crippen LogP contribution in [0.1, 0.15) is 43.7 Å². The van der Waals surface area contributed by atoms with Crippen molar-refractivity contribution in [1.29, 1.82) is 0 Å². The first kappa shape index (κ1) is 35.6. The molecule has 244 valence electrons. The van der Waals surface area contributed by atoms with E-state index in [-0.39, 0.29) is 24.2 Å². The van der Waals surface area contributed by atoms with E-state index in [0.29, 0.717) is 92.2 Å². The number of Topliss-reactive ketones (excluding diaryl/α,β-unsaturated/α-hetero) is 1. The molecule has 3 rings (SSSR count). The molecular weight excluding hydrogens is 566 g/mol. The van der Waals surface area contributed by atoms with Crippen LogP contribution >= 0.6 is 0 Å². The maximum atomic E-state index is 12.2. The smallest absolute Gasteiger partial charge is 0.407 e. The Labute approximate surface area is 261 Å². The van der Waals surface area contributed by atoms with E-state index in [1.807, 2.05) is 38.1 Å². The minimum Gasteiger partial charge on any atom is -0.449 e. The fourth-order valence-corrected chi connectivity index (χ4v) is 4.72. The van der Waals surface area contributed by atoms with Crippen LogP contribution in [0.3, 0.4) is 0 Å². The summed E-state index contributed by atoms with van der Waals surface area (Å²) in [6.07, 6.45) is 0.877. The number of carbonyl (C=O) groups excluding carboxylic acids is 2. The highest BCUT2D eigenvalue weighted by Gasteiger charge is 2.28. The molecule has 10 nitrogen and oxygen atoms in total. The first-order valence-electron chi connectivity index (χ1n) is 15.7. The molecule has 2 aromatic rings. The SMILES string of the molecule is CCC(C)C(=O)CCOCCOCCOCCOCCOCCOCCNC(=O)OCC1c2ccccc2-c2ccccc21. The van der Waals surface area contributed by atoms with Gasteiger partial charge in [0.05, 0.1) is 79.3 Å². The fraction of sp³-hybridized carbons (Fsp3) is 0.588. The Kier molecular flexibility index (Phi) is 17.6. The number of nitrogens with one attached hydrogen (secondary N) is 1. The van der Waals surface area contributed by atoms with E-state index >= 15 is 0 Å². The molecule has 0 aliphatic heterocycles. The van der Waals surface area contributed by atoms with Gasteiger partial charge in [-0.3, -0.25) is 4.79 Å². The topological polar surface area (TPSA) is 111 Å². The van der Waals surface area contributed by atoms with Crippen molar-refractivity contribution < 1.29 is 42.7 Å². The molecule has 1 unspecified atom stereocenters. The summed E-state index contributed by atoms with van der Waals surface area (Å²) < 4.78 is 38.3. The van der Waals surface area contributed by atoms with Gasteiger partial charge >= 0.3 is 6.09 Å². The van der Waals surface area contributed by atoms with Crippen LogP contribution in [-0.4, -0.2) is 104 Å². The standard InChI is InChI=1S/C34H49NO9/c1-3-27(2)33(36)12-14-38-16-18-40-20-22-42-24-25-43-23-21-41-19-17-39-15-13-35-34(37)44-26-32-30-10-6-4-8-28(30)29-9-5-7-11-31(29)32/h4-11,27,32H,3,12-26H2,1-2H3,(H,35,37). The van der Waals surface area contributed by atoms with Gasteiger partial charge in [0, 0.05) is 24.8 Å². The van der Waals surface area contributed by atoms with Crippen molar-refractivity contribution in [3.8, 4) is 11.1 Å². The highest BCUT2D eigenvalue weighted by Crippen LogP contribution is 2.44. The van der Waals surface area contributed by atoms with Gasteiger partial charge in [-0.25, -0.2) is 4.79 Å². The van der Waals surface area contributed by atoms with E-state index in [1.165, 1.54) is 22.3 Å². The average Bonchev–Trinajstić information content (AvgIpc) is 3.37. The number of hydrogen-bond acceptors (Lipinski definition) is 9. The molecule has 2 aromatic carbocycles. The second kappa shape index (κ2) is 21.8. The Balaban J connectivity index is 1.04. The molecule has 10 heteroatoms. The van der Waals surface area contributed by atoms with Crippen molar-refractivity contribution in [3.05, 3.63) is 59.7 Å². The predicted octanol–water partition coefficient (Wildman–Crippen LogP) is 4.63. The maximum Gasteiger partial charge on any atom is 0.407 e. The summed E-state index contributed by atoms with van der Waals surface area (Å²) in [5, 5.41) is 2.74. The number of hydrogen-bond donors (Lipinski definition) is 1.